The van der Waals surface area contributed by atoms with Crippen LogP contribution in [0.1, 0.15) is 20.8 Å². The van der Waals surface area contributed by atoms with Crippen LogP contribution >= 0.6 is 0 Å². The Bertz CT molecular complexity index is 784. The van der Waals surface area contributed by atoms with Crippen molar-refractivity contribution in [3.05, 3.63) is 53.9 Å². The standard InChI is InChI=1S/C19H22N4O3/c1-22-9-11-23(12-10-22)18(24)17-8-7-14(13-20-17)21-16-6-4-3-5-15(16)19(25)26-2/h3-8,13,21H,9-12H2,1-2H3. The molecule has 1 aliphatic heterocycles. The van der Waals surface area contributed by atoms with Gasteiger partial charge in [-0.15, -0.1) is 0 Å². The fourth-order valence-corrected chi connectivity index (χ4v) is 2.80. The predicted molar refractivity (Wildman–Crippen MR) is 98.7 cm³/mol. The van der Waals surface area contributed by atoms with Crippen molar-refractivity contribution < 1.29 is 14.3 Å². The molecule has 1 amide bonds. The normalized spacial score (nSPS) is 14.8. The Labute approximate surface area is 152 Å². The number of methoxy groups -OCH3 is 1. The molecule has 1 fully saturated rings. The molecule has 7 heteroatoms. The number of nitrogens with zero attached hydrogens (tertiary/aromatic N) is 3. The van der Waals surface area contributed by atoms with Gasteiger partial charge in [0.1, 0.15) is 5.69 Å². The number of piperazine rings is 1. The zero-order valence-corrected chi connectivity index (χ0v) is 14.9. The molecule has 26 heavy (non-hydrogen) atoms. The number of aromatic nitrogens is 1. The molecular formula is C19H22N4O3. The fourth-order valence-electron chi connectivity index (χ4n) is 2.80. The summed E-state index contributed by atoms with van der Waals surface area (Å²) in [6.07, 6.45) is 1.59. The first-order valence-electron chi connectivity index (χ1n) is 8.46. The number of benzene rings is 1. The Morgan fingerprint density at radius 1 is 1.08 bits per heavy atom. The minimum Gasteiger partial charge on any atom is -0.465 e. The van der Waals surface area contributed by atoms with Gasteiger partial charge in [-0.3, -0.25) is 4.79 Å². The third-order valence-corrected chi connectivity index (χ3v) is 4.38. The molecule has 0 spiro atoms. The van der Waals surface area contributed by atoms with Crippen molar-refractivity contribution in [2.45, 2.75) is 0 Å². The molecule has 7 nitrogen and oxygen atoms in total. The summed E-state index contributed by atoms with van der Waals surface area (Å²) in [4.78, 5) is 32.7. The first-order valence-corrected chi connectivity index (χ1v) is 8.46. The number of nitrogens with one attached hydrogen (secondary N) is 1. The third-order valence-electron chi connectivity index (χ3n) is 4.38. The lowest BCUT2D eigenvalue weighted by molar-refractivity contribution is 0.0601. The maximum atomic E-state index is 12.5. The minimum absolute atomic E-state index is 0.0559. The predicted octanol–water partition coefficient (Wildman–Crippen LogP) is 2.00. The Morgan fingerprint density at radius 3 is 2.46 bits per heavy atom. The zero-order chi connectivity index (χ0) is 18.5. The van der Waals surface area contributed by atoms with Crippen LogP contribution in [0, 0.1) is 0 Å². The second kappa shape index (κ2) is 7.97. The van der Waals surface area contributed by atoms with E-state index in [1.54, 1.807) is 36.5 Å². The molecule has 1 N–H and O–H groups in total. The molecule has 136 valence electrons. The number of anilines is 2. The van der Waals surface area contributed by atoms with Gasteiger partial charge in [0.25, 0.3) is 5.91 Å². The van der Waals surface area contributed by atoms with Gasteiger partial charge in [0.05, 0.1) is 30.2 Å². The maximum absolute atomic E-state index is 12.5. The highest BCUT2D eigenvalue weighted by Gasteiger charge is 2.21. The van der Waals surface area contributed by atoms with Crippen molar-refractivity contribution in [2.75, 3.05) is 45.7 Å². The highest BCUT2D eigenvalue weighted by molar-refractivity contribution is 5.96. The molecule has 0 bridgehead atoms. The van der Waals surface area contributed by atoms with E-state index in [1.165, 1.54) is 7.11 Å². The van der Waals surface area contributed by atoms with E-state index in [4.69, 9.17) is 4.74 Å². The molecular weight excluding hydrogens is 332 g/mol. The van der Waals surface area contributed by atoms with Gasteiger partial charge in [-0.1, -0.05) is 12.1 Å². The minimum atomic E-state index is -0.414. The zero-order valence-electron chi connectivity index (χ0n) is 14.9. The van der Waals surface area contributed by atoms with Gasteiger partial charge in [0, 0.05) is 26.2 Å². The molecule has 0 radical (unpaired) electrons. The Kier molecular flexibility index (Phi) is 5.48. The largest absolute Gasteiger partial charge is 0.465 e. The van der Waals surface area contributed by atoms with E-state index in [1.807, 2.05) is 18.0 Å². The van der Waals surface area contributed by atoms with Crippen LogP contribution in [-0.2, 0) is 4.74 Å². The van der Waals surface area contributed by atoms with Crippen molar-refractivity contribution >= 4 is 23.3 Å². The highest BCUT2D eigenvalue weighted by Crippen LogP contribution is 2.21. The number of likely N-dealkylation sites (N-methyl/N-ethyl adjacent to an activating group) is 1. The van der Waals surface area contributed by atoms with Crippen LogP contribution < -0.4 is 5.32 Å². The summed E-state index contributed by atoms with van der Waals surface area (Å²) in [5.74, 6) is -0.470. The van der Waals surface area contributed by atoms with Crippen LogP contribution in [-0.4, -0.2) is 67.0 Å². The van der Waals surface area contributed by atoms with Crippen LogP contribution in [0.15, 0.2) is 42.6 Å². The van der Waals surface area contributed by atoms with Gasteiger partial charge in [-0.25, -0.2) is 9.78 Å². The number of carbonyl (C=O) groups is 2. The second-order valence-corrected chi connectivity index (χ2v) is 6.19. The Morgan fingerprint density at radius 2 is 1.81 bits per heavy atom. The average Bonchev–Trinajstić information content (AvgIpc) is 2.68. The van der Waals surface area contributed by atoms with Crippen LogP contribution in [0.3, 0.4) is 0 Å². The summed E-state index contributed by atoms with van der Waals surface area (Å²) in [5.41, 5.74) is 2.17. The fraction of sp³-hybridized carbons (Fsp3) is 0.316. The summed E-state index contributed by atoms with van der Waals surface area (Å²) in [6.45, 7) is 3.17. The molecule has 2 aromatic rings. The molecule has 3 rings (SSSR count). The van der Waals surface area contributed by atoms with Gasteiger partial charge in [-0.2, -0.15) is 0 Å². The lowest BCUT2D eigenvalue weighted by Crippen LogP contribution is -2.47. The van der Waals surface area contributed by atoms with Crippen molar-refractivity contribution in [3.63, 3.8) is 0 Å². The summed E-state index contributed by atoms with van der Waals surface area (Å²) in [7, 11) is 3.39. The number of amides is 1. The molecule has 1 saturated heterocycles. The lowest BCUT2D eigenvalue weighted by Gasteiger charge is -2.32. The van der Waals surface area contributed by atoms with E-state index in [0.29, 0.717) is 35.7 Å². The number of para-hydroxylation sites is 1. The first-order chi connectivity index (χ1) is 12.6. The lowest BCUT2D eigenvalue weighted by atomic mass is 10.1. The summed E-state index contributed by atoms with van der Waals surface area (Å²) in [5, 5.41) is 3.14. The van der Waals surface area contributed by atoms with Crippen molar-refractivity contribution in [3.8, 4) is 0 Å². The number of pyridine rings is 1. The molecule has 1 aromatic heterocycles. The number of carbonyl (C=O) groups excluding carboxylic acids is 2. The van der Waals surface area contributed by atoms with Gasteiger partial charge in [0.15, 0.2) is 0 Å². The third kappa shape index (κ3) is 4.00. The molecule has 0 saturated carbocycles. The number of esters is 1. The van der Waals surface area contributed by atoms with Crippen molar-refractivity contribution in [2.24, 2.45) is 0 Å². The molecule has 2 heterocycles. The van der Waals surface area contributed by atoms with Crippen LogP contribution in [0.4, 0.5) is 11.4 Å². The summed E-state index contributed by atoms with van der Waals surface area (Å²) >= 11 is 0. The van der Waals surface area contributed by atoms with Crippen LogP contribution in [0.5, 0.6) is 0 Å². The van der Waals surface area contributed by atoms with Crippen molar-refractivity contribution in [1.82, 2.24) is 14.8 Å². The van der Waals surface area contributed by atoms with Crippen molar-refractivity contribution in [1.29, 1.82) is 0 Å². The molecule has 1 aromatic carbocycles. The SMILES string of the molecule is COC(=O)c1ccccc1Nc1ccc(C(=O)N2CCN(C)CC2)nc1. The number of rotatable bonds is 4. The number of hydrogen-bond acceptors (Lipinski definition) is 6. The smallest absolute Gasteiger partial charge is 0.339 e. The van der Waals surface area contributed by atoms with E-state index in [-0.39, 0.29) is 5.91 Å². The number of hydrogen-bond donors (Lipinski definition) is 1. The van der Waals surface area contributed by atoms with E-state index < -0.39 is 5.97 Å². The van der Waals surface area contributed by atoms with Crippen LogP contribution in [0.2, 0.25) is 0 Å². The van der Waals surface area contributed by atoms with Gasteiger partial charge in [-0.05, 0) is 31.3 Å². The highest BCUT2D eigenvalue weighted by atomic mass is 16.5. The Balaban J connectivity index is 1.71. The quantitative estimate of drug-likeness (QED) is 0.847. The first kappa shape index (κ1) is 17.9. The van der Waals surface area contributed by atoms with E-state index in [0.717, 1.165) is 13.1 Å². The average molecular weight is 354 g/mol. The number of ether oxygens (including phenoxy) is 1. The second-order valence-electron chi connectivity index (χ2n) is 6.19. The summed E-state index contributed by atoms with van der Waals surface area (Å²) in [6, 6.07) is 10.6. The Hall–Kier alpha value is -2.93. The molecule has 0 aliphatic carbocycles. The van der Waals surface area contributed by atoms with E-state index >= 15 is 0 Å². The van der Waals surface area contributed by atoms with Crippen LogP contribution in [0.25, 0.3) is 0 Å². The van der Waals surface area contributed by atoms with Gasteiger partial charge >= 0.3 is 5.97 Å². The summed E-state index contributed by atoms with van der Waals surface area (Å²) < 4.78 is 4.79. The van der Waals surface area contributed by atoms with Gasteiger partial charge in [0.2, 0.25) is 0 Å². The van der Waals surface area contributed by atoms with Gasteiger partial charge < -0.3 is 19.9 Å². The van der Waals surface area contributed by atoms with E-state index in [9.17, 15) is 9.59 Å². The monoisotopic (exact) mass is 354 g/mol. The maximum Gasteiger partial charge on any atom is 0.339 e. The molecule has 0 atom stereocenters. The molecule has 1 aliphatic rings. The van der Waals surface area contributed by atoms with E-state index in [2.05, 4.69) is 15.2 Å². The molecule has 0 unspecified atom stereocenters. The topological polar surface area (TPSA) is 74.8 Å².